The van der Waals surface area contributed by atoms with E-state index in [9.17, 15) is 0 Å². The molecule has 0 amide bonds. The molecule has 0 saturated carbocycles. The second-order valence-corrected chi connectivity index (χ2v) is 6.66. The number of ether oxygens (including phenoxy) is 1. The molecule has 8 heteroatoms. The highest BCUT2D eigenvalue weighted by Crippen LogP contribution is 2.25. The number of rotatable bonds is 5. The van der Waals surface area contributed by atoms with E-state index in [1.807, 2.05) is 43.4 Å². The zero-order valence-corrected chi connectivity index (χ0v) is 15.5. The fraction of sp³-hybridized carbons (Fsp3) is 0.368. The van der Waals surface area contributed by atoms with Crippen LogP contribution >= 0.6 is 0 Å². The van der Waals surface area contributed by atoms with E-state index in [0.717, 1.165) is 47.8 Å². The summed E-state index contributed by atoms with van der Waals surface area (Å²) < 4.78 is 5.76. The topological polar surface area (TPSA) is 88.1 Å². The van der Waals surface area contributed by atoms with Crippen LogP contribution in [0.4, 0.5) is 11.6 Å². The van der Waals surface area contributed by atoms with Crippen molar-refractivity contribution in [3.63, 3.8) is 0 Å². The average Bonchev–Trinajstić information content (AvgIpc) is 2.72. The highest BCUT2D eigenvalue weighted by Gasteiger charge is 2.15. The molecule has 4 rings (SSSR count). The fourth-order valence-electron chi connectivity index (χ4n) is 3.01. The molecule has 140 valence electrons. The molecule has 2 N–H and O–H groups in total. The van der Waals surface area contributed by atoms with Crippen molar-refractivity contribution in [1.29, 1.82) is 0 Å². The number of nitrogens with one attached hydrogen (secondary N) is 2. The summed E-state index contributed by atoms with van der Waals surface area (Å²) in [4.78, 5) is 20.1. The fourth-order valence-corrected chi connectivity index (χ4v) is 3.01. The molecule has 27 heavy (non-hydrogen) atoms. The van der Waals surface area contributed by atoms with Gasteiger partial charge in [0, 0.05) is 57.9 Å². The predicted molar refractivity (Wildman–Crippen MR) is 106 cm³/mol. The number of pyridine rings is 2. The van der Waals surface area contributed by atoms with Crippen LogP contribution in [0.5, 0.6) is 0 Å². The van der Waals surface area contributed by atoms with Crippen LogP contribution in [-0.2, 0) is 4.74 Å². The zero-order valence-electron chi connectivity index (χ0n) is 15.5. The summed E-state index contributed by atoms with van der Waals surface area (Å²) in [5.74, 6) is 1.61. The molecule has 0 spiro atoms. The summed E-state index contributed by atoms with van der Waals surface area (Å²) in [6, 6.07) is 5.94. The Morgan fingerprint density at radius 3 is 2.85 bits per heavy atom. The molecule has 8 nitrogen and oxygen atoms in total. The largest absolute Gasteiger partial charge is 0.374 e. The first kappa shape index (κ1) is 17.6. The molecule has 0 unspecified atom stereocenters. The van der Waals surface area contributed by atoms with Gasteiger partial charge in [-0.25, -0.2) is 15.0 Å². The molecule has 4 heterocycles. The maximum atomic E-state index is 5.76. The third-order valence-electron chi connectivity index (χ3n) is 4.46. The monoisotopic (exact) mass is 365 g/mol. The van der Waals surface area contributed by atoms with Gasteiger partial charge < -0.3 is 20.3 Å². The Hall–Kier alpha value is -2.84. The number of morpholine rings is 1. The van der Waals surface area contributed by atoms with Gasteiger partial charge in [-0.15, -0.1) is 0 Å². The van der Waals surface area contributed by atoms with Crippen LogP contribution in [0.1, 0.15) is 0 Å². The molecule has 1 atom stereocenters. The summed E-state index contributed by atoms with van der Waals surface area (Å²) in [6.45, 7) is 3.11. The number of hydrogen-bond donors (Lipinski definition) is 2. The van der Waals surface area contributed by atoms with E-state index in [-0.39, 0.29) is 6.10 Å². The van der Waals surface area contributed by atoms with E-state index < -0.39 is 0 Å². The minimum Gasteiger partial charge on any atom is -0.374 e. The second-order valence-electron chi connectivity index (χ2n) is 6.66. The minimum absolute atomic E-state index is 0.108. The van der Waals surface area contributed by atoms with Crippen molar-refractivity contribution in [2.24, 2.45) is 0 Å². The van der Waals surface area contributed by atoms with E-state index >= 15 is 0 Å². The molecule has 3 aromatic rings. The van der Waals surface area contributed by atoms with E-state index in [4.69, 9.17) is 9.72 Å². The van der Waals surface area contributed by atoms with Crippen LogP contribution in [0, 0.1) is 0 Å². The average molecular weight is 365 g/mol. The first-order valence-electron chi connectivity index (χ1n) is 9.02. The lowest BCUT2D eigenvalue weighted by molar-refractivity contribution is 0.0372. The SMILES string of the molecule is CN(C)c1ccc(-c2cc3nccnc3c(NC[C@H]3CNCCO3)n2)cn1. The van der Waals surface area contributed by atoms with Gasteiger partial charge in [-0.1, -0.05) is 0 Å². The van der Waals surface area contributed by atoms with Gasteiger partial charge in [-0.2, -0.15) is 0 Å². The highest BCUT2D eigenvalue weighted by atomic mass is 16.5. The molecule has 1 aliphatic rings. The van der Waals surface area contributed by atoms with E-state index in [1.54, 1.807) is 12.4 Å². The smallest absolute Gasteiger partial charge is 0.154 e. The molecule has 3 aromatic heterocycles. The first-order chi connectivity index (χ1) is 13.2. The molecule has 1 aliphatic heterocycles. The van der Waals surface area contributed by atoms with Crippen molar-refractivity contribution < 1.29 is 4.74 Å². The van der Waals surface area contributed by atoms with Crippen molar-refractivity contribution in [2.45, 2.75) is 6.10 Å². The lowest BCUT2D eigenvalue weighted by Crippen LogP contribution is -2.42. The third kappa shape index (κ3) is 3.96. The zero-order chi connectivity index (χ0) is 18.6. The third-order valence-corrected chi connectivity index (χ3v) is 4.46. The Morgan fingerprint density at radius 1 is 1.22 bits per heavy atom. The summed E-state index contributed by atoms with van der Waals surface area (Å²) in [7, 11) is 3.94. The van der Waals surface area contributed by atoms with Crippen molar-refractivity contribution in [3.8, 4) is 11.3 Å². The predicted octanol–water partition coefficient (Wildman–Crippen LogP) is 1.55. The summed E-state index contributed by atoms with van der Waals surface area (Å²) in [6.07, 6.45) is 5.31. The van der Waals surface area contributed by atoms with Gasteiger partial charge >= 0.3 is 0 Å². The van der Waals surface area contributed by atoms with Gasteiger partial charge in [0.15, 0.2) is 5.82 Å². The molecule has 1 saturated heterocycles. The van der Waals surface area contributed by atoms with E-state index in [2.05, 4.69) is 25.6 Å². The van der Waals surface area contributed by atoms with Crippen LogP contribution in [0.3, 0.4) is 0 Å². The van der Waals surface area contributed by atoms with Gasteiger partial charge in [0.25, 0.3) is 0 Å². The van der Waals surface area contributed by atoms with Crippen molar-refractivity contribution >= 4 is 22.7 Å². The van der Waals surface area contributed by atoms with Crippen molar-refractivity contribution in [3.05, 3.63) is 36.8 Å². The van der Waals surface area contributed by atoms with Crippen LogP contribution in [0.25, 0.3) is 22.3 Å². The van der Waals surface area contributed by atoms with Gasteiger partial charge in [0.2, 0.25) is 0 Å². The molecular formula is C19H23N7O. The van der Waals surface area contributed by atoms with Crippen LogP contribution in [0.2, 0.25) is 0 Å². The van der Waals surface area contributed by atoms with Gasteiger partial charge in [0.05, 0.1) is 23.9 Å². The quantitative estimate of drug-likeness (QED) is 0.704. The summed E-state index contributed by atoms with van der Waals surface area (Å²) >= 11 is 0. The Balaban J connectivity index is 1.65. The minimum atomic E-state index is 0.108. The molecule has 1 fully saturated rings. The number of nitrogens with zero attached hydrogens (tertiary/aromatic N) is 5. The van der Waals surface area contributed by atoms with E-state index in [1.165, 1.54) is 0 Å². The number of aromatic nitrogens is 4. The van der Waals surface area contributed by atoms with Gasteiger partial charge in [-0.05, 0) is 18.2 Å². The molecule has 0 radical (unpaired) electrons. The van der Waals surface area contributed by atoms with Crippen molar-refractivity contribution in [1.82, 2.24) is 25.3 Å². The Morgan fingerprint density at radius 2 is 2.11 bits per heavy atom. The Labute approximate surface area is 158 Å². The van der Waals surface area contributed by atoms with Crippen LogP contribution in [-0.4, -0.2) is 66.4 Å². The van der Waals surface area contributed by atoms with E-state index in [0.29, 0.717) is 12.4 Å². The molecule has 0 bridgehead atoms. The second kappa shape index (κ2) is 7.81. The van der Waals surface area contributed by atoms with Crippen molar-refractivity contribution in [2.75, 3.05) is 50.6 Å². The summed E-state index contributed by atoms with van der Waals surface area (Å²) in [5.41, 5.74) is 3.30. The first-order valence-corrected chi connectivity index (χ1v) is 9.02. The van der Waals surface area contributed by atoms with Gasteiger partial charge in [-0.3, -0.25) is 4.98 Å². The molecule has 0 aliphatic carbocycles. The lowest BCUT2D eigenvalue weighted by Gasteiger charge is -2.24. The van der Waals surface area contributed by atoms with Crippen LogP contribution < -0.4 is 15.5 Å². The normalized spacial score (nSPS) is 17.0. The molecule has 0 aromatic carbocycles. The molecular weight excluding hydrogens is 342 g/mol. The number of anilines is 2. The van der Waals surface area contributed by atoms with Gasteiger partial charge in [0.1, 0.15) is 11.3 Å². The van der Waals surface area contributed by atoms with Crippen LogP contribution in [0.15, 0.2) is 36.8 Å². The maximum absolute atomic E-state index is 5.76. The Kier molecular flexibility index (Phi) is 5.08. The summed E-state index contributed by atoms with van der Waals surface area (Å²) in [5, 5.41) is 6.72. The maximum Gasteiger partial charge on any atom is 0.154 e. The number of hydrogen-bond acceptors (Lipinski definition) is 8. The standard InChI is InChI=1S/C19H23N7O/c1-26(2)17-4-3-13(10-23-17)15-9-16-18(22-6-5-21-16)19(25-15)24-12-14-11-20-7-8-27-14/h3-6,9-10,14,20H,7-8,11-12H2,1-2H3,(H,24,25)/t14-/m1/s1. The number of fused-ring (bicyclic) bond motifs is 1. The Bertz CT molecular complexity index is 908. The highest BCUT2D eigenvalue weighted by molar-refractivity contribution is 5.88. The lowest BCUT2D eigenvalue weighted by atomic mass is 10.1.